The summed E-state index contributed by atoms with van der Waals surface area (Å²) in [5.41, 5.74) is 5.70. The van der Waals surface area contributed by atoms with Crippen LogP contribution < -0.4 is 10.1 Å². The quantitative estimate of drug-likeness (QED) is 0.243. The number of anilines is 1. The number of carbonyl (C=O) groups is 1. The highest BCUT2D eigenvalue weighted by Crippen LogP contribution is 2.40. The maximum Gasteiger partial charge on any atom is 0.255 e. The van der Waals surface area contributed by atoms with Crippen LogP contribution in [0.5, 0.6) is 11.6 Å². The summed E-state index contributed by atoms with van der Waals surface area (Å²) in [6.45, 7) is 5.51. The van der Waals surface area contributed by atoms with Crippen LogP contribution in [0.1, 0.15) is 15.9 Å². The van der Waals surface area contributed by atoms with Crippen LogP contribution in [0.15, 0.2) is 79.0 Å². The van der Waals surface area contributed by atoms with Crippen molar-refractivity contribution in [2.75, 3.05) is 52.2 Å². The van der Waals surface area contributed by atoms with Crippen LogP contribution in [0.25, 0.3) is 33.5 Å². The van der Waals surface area contributed by atoms with Crippen molar-refractivity contribution < 1.29 is 14.6 Å². The van der Waals surface area contributed by atoms with Gasteiger partial charge in [-0.05, 0) is 67.6 Å². The van der Waals surface area contributed by atoms with Gasteiger partial charge in [-0.1, -0.05) is 24.3 Å². The number of piperazine rings is 1. The summed E-state index contributed by atoms with van der Waals surface area (Å²) in [4.78, 5) is 30.1. The van der Waals surface area contributed by atoms with Gasteiger partial charge in [-0.3, -0.25) is 4.79 Å². The van der Waals surface area contributed by atoms with Crippen molar-refractivity contribution in [1.82, 2.24) is 24.8 Å². The van der Waals surface area contributed by atoms with Gasteiger partial charge >= 0.3 is 0 Å². The lowest BCUT2D eigenvalue weighted by atomic mass is 10.0. The zero-order valence-electron chi connectivity index (χ0n) is 23.8. The van der Waals surface area contributed by atoms with Crippen molar-refractivity contribution in [1.29, 1.82) is 0 Å². The number of nitrogens with zero attached hydrogens (tertiary/aromatic N) is 4. The Bertz CT molecular complexity index is 1710. The van der Waals surface area contributed by atoms with Crippen LogP contribution in [0, 0.1) is 0 Å². The first-order chi connectivity index (χ1) is 20.5. The molecule has 0 aliphatic carbocycles. The fourth-order valence-electron chi connectivity index (χ4n) is 5.31. The Morgan fingerprint density at radius 1 is 0.976 bits per heavy atom. The van der Waals surface area contributed by atoms with Crippen molar-refractivity contribution in [2.24, 2.45) is 0 Å². The standard InChI is InChI=1S/C33H34N6O3/c1-38-17-19-39(20-18-38)16-14-22-8-11-24(12-9-22)35-32(41)23-10-13-28-29(21-23)37-31(36-28)27-6-3-5-25(30(27)40)26-7-4-15-34-33(26)42-2/h3-13,15,21,40H,14,16-20H2,1-2H3,(H,35,41)(H,36,37). The molecule has 1 amide bonds. The summed E-state index contributed by atoms with van der Waals surface area (Å²) in [5, 5.41) is 14.2. The average molecular weight is 563 g/mol. The number of hydrogen-bond donors (Lipinski definition) is 3. The largest absolute Gasteiger partial charge is 0.507 e. The number of amides is 1. The Hall–Kier alpha value is -4.73. The Kier molecular flexibility index (Phi) is 7.85. The second-order valence-electron chi connectivity index (χ2n) is 10.6. The number of fused-ring (bicyclic) bond motifs is 1. The molecule has 6 rings (SSSR count). The summed E-state index contributed by atoms with van der Waals surface area (Å²) >= 11 is 0. The van der Waals surface area contributed by atoms with Crippen molar-refractivity contribution in [3.05, 3.63) is 90.1 Å². The molecule has 0 radical (unpaired) electrons. The summed E-state index contributed by atoms with van der Waals surface area (Å²) in [6.07, 6.45) is 2.63. The second-order valence-corrected chi connectivity index (χ2v) is 10.6. The van der Waals surface area contributed by atoms with E-state index in [1.165, 1.54) is 5.56 Å². The molecule has 1 fully saturated rings. The topological polar surface area (TPSA) is 107 Å². The molecule has 1 aliphatic rings. The highest BCUT2D eigenvalue weighted by molar-refractivity contribution is 6.06. The summed E-state index contributed by atoms with van der Waals surface area (Å²) < 4.78 is 5.38. The molecule has 0 spiro atoms. The molecule has 2 aromatic heterocycles. The predicted molar refractivity (Wildman–Crippen MR) is 165 cm³/mol. The van der Waals surface area contributed by atoms with Crippen LogP contribution in [-0.4, -0.2) is 82.6 Å². The van der Waals surface area contributed by atoms with Gasteiger partial charge in [0.2, 0.25) is 5.88 Å². The number of benzene rings is 3. The van der Waals surface area contributed by atoms with Crippen LogP contribution in [0.2, 0.25) is 0 Å². The van der Waals surface area contributed by atoms with E-state index in [2.05, 4.69) is 49.2 Å². The number of phenolic OH excluding ortho intramolecular Hbond substituents is 1. The monoisotopic (exact) mass is 562 g/mol. The molecule has 9 nitrogen and oxygen atoms in total. The molecule has 214 valence electrons. The smallest absolute Gasteiger partial charge is 0.255 e. The third kappa shape index (κ3) is 5.83. The van der Waals surface area contributed by atoms with Gasteiger partial charge in [-0.15, -0.1) is 0 Å². The first-order valence-corrected chi connectivity index (χ1v) is 14.1. The van der Waals surface area contributed by atoms with Crippen LogP contribution in [0.4, 0.5) is 5.69 Å². The highest BCUT2D eigenvalue weighted by atomic mass is 16.5. The summed E-state index contributed by atoms with van der Waals surface area (Å²) in [7, 11) is 3.72. The molecule has 3 heterocycles. The fourth-order valence-corrected chi connectivity index (χ4v) is 5.31. The Balaban J connectivity index is 1.15. The lowest BCUT2D eigenvalue weighted by Gasteiger charge is -2.32. The van der Waals surface area contributed by atoms with E-state index < -0.39 is 0 Å². The van der Waals surface area contributed by atoms with Crippen LogP contribution in [-0.2, 0) is 6.42 Å². The van der Waals surface area contributed by atoms with E-state index in [1.807, 2.05) is 30.3 Å². The third-order valence-electron chi connectivity index (χ3n) is 7.81. The first kappa shape index (κ1) is 27.4. The molecule has 3 aromatic carbocycles. The van der Waals surface area contributed by atoms with E-state index in [0.29, 0.717) is 45.0 Å². The van der Waals surface area contributed by atoms with Gasteiger partial charge in [0, 0.05) is 61.3 Å². The number of methoxy groups -OCH3 is 1. The van der Waals surface area contributed by atoms with Crippen molar-refractivity contribution in [3.63, 3.8) is 0 Å². The van der Waals surface area contributed by atoms with E-state index >= 15 is 0 Å². The lowest BCUT2D eigenvalue weighted by molar-refractivity contribution is 0.102. The van der Waals surface area contributed by atoms with Crippen LogP contribution >= 0.6 is 0 Å². The molecule has 5 aromatic rings. The van der Waals surface area contributed by atoms with E-state index in [-0.39, 0.29) is 11.7 Å². The van der Waals surface area contributed by atoms with Gasteiger partial charge in [-0.25, -0.2) is 9.97 Å². The number of imidazole rings is 1. The lowest BCUT2D eigenvalue weighted by Crippen LogP contribution is -2.45. The Labute approximate surface area is 244 Å². The minimum Gasteiger partial charge on any atom is -0.507 e. The number of carbonyl (C=O) groups excluding carboxylic acids is 1. The van der Waals surface area contributed by atoms with Crippen LogP contribution in [0.3, 0.4) is 0 Å². The number of aromatic hydroxyl groups is 1. The first-order valence-electron chi connectivity index (χ1n) is 14.1. The molecule has 1 saturated heterocycles. The third-order valence-corrected chi connectivity index (χ3v) is 7.81. The van der Waals surface area contributed by atoms with Crippen molar-refractivity contribution in [3.8, 4) is 34.1 Å². The van der Waals surface area contributed by atoms with Crippen molar-refractivity contribution in [2.45, 2.75) is 6.42 Å². The van der Waals surface area contributed by atoms with Gasteiger partial charge in [-0.2, -0.15) is 0 Å². The number of aromatic nitrogens is 3. The molecule has 1 aliphatic heterocycles. The number of rotatable bonds is 8. The number of H-pyrrole nitrogens is 1. The van der Waals surface area contributed by atoms with Gasteiger partial charge in [0.25, 0.3) is 5.91 Å². The normalized spacial score (nSPS) is 14.2. The molecular weight excluding hydrogens is 528 g/mol. The van der Waals surface area contributed by atoms with Gasteiger partial charge in [0.1, 0.15) is 11.6 Å². The highest BCUT2D eigenvalue weighted by Gasteiger charge is 2.18. The van der Waals surface area contributed by atoms with E-state index in [9.17, 15) is 9.90 Å². The van der Waals surface area contributed by atoms with E-state index in [1.54, 1.807) is 43.6 Å². The fraction of sp³-hybridized carbons (Fsp3) is 0.242. The number of hydrogen-bond acceptors (Lipinski definition) is 7. The molecule has 0 saturated carbocycles. The molecule has 42 heavy (non-hydrogen) atoms. The van der Waals surface area contributed by atoms with Gasteiger partial charge in [0.05, 0.1) is 23.7 Å². The van der Waals surface area contributed by atoms with E-state index in [4.69, 9.17) is 4.74 Å². The van der Waals surface area contributed by atoms with Gasteiger partial charge in [0.15, 0.2) is 0 Å². The van der Waals surface area contributed by atoms with Gasteiger partial charge < -0.3 is 29.9 Å². The number of pyridine rings is 1. The summed E-state index contributed by atoms with van der Waals surface area (Å²) in [6, 6.07) is 22.5. The minimum absolute atomic E-state index is 0.0628. The second kappa shape index (κ2) is 12.0. The Morgan fingerprint density at radius 2 is 1.74 bits per heavy atom. The maximum absolute atomic E-state index is 13.1. The maximum atomic E-state index is 13.1. The van der Waals surface area contributed by atoms with E-state index in [0.717, 1.165) is 44.8 Å². The number of likely N-dealkylation sites (N-methyl/N-ethyl adjacent to an activating group) is 1. The number of para-hydroxylation sites is 1. The number of phenols is 1. The molecule has 9 heteroatoms. The Morgan fingerprint density at radius 3 is 2.52 bits per heavy atom. The molecule has 3 N–H and O–H groups in total. The average Bonchev–Trinajstić information content (AvgIpc) is 3.45. The molecule has 0 bridgehead atoms. The molecular formula is C33H34N6O3. The number of aromatic amines is 1. The molecule has 0 unspecified atom stereocenters. The zero-order chi connectivity index (χ0) is 29.1. The minimum atomic E-state index is -0.202. The van der Waals surface area contributed by atoms with Crippen molar-refractivity contribution >= 4 is 22.6 Å². The number of nitrogens with one attached hydrogen (secondary N) is 2. The summed E-state index contributed by atoms with van der Waals surface area (Å²) in [5.74, 6) is 0.780. The SMILES string of the molecule is COc1ncccc1-c1cccc(-c2nc3ccc(C(=O)Nc4ccc(CCN5CCN(C)CC5)cc4)cc3[nH]2)c1O. The number of ether oxygens (including phenoxy) is 1. The predicted octanol–water partition coefficient (Wildman–Crippen LogP) is 5.05. The zero-order valence-corrected chi connectivity index (χ0v) is 23.8. The molecule has 0 atom stereocenters.